The van der Waals surface area contributed by atoms with E-state index in [1.807, 2.05) is 0 Å². The first-order valence-corrected chi connectivity index (χ1v) is 33.4. The molecule has 0 bridgehead atoms. The maximum atomic E-state index is 6.15. The minimum Gasteiger partial charge on any atom is -0.307 e. The van der Waals surface area contributed by atoms with E-state index in [2.05, 4.69) is 372 Å². The van der Waals surface area contributed by atoms with E-state index in [0.29, 0.717) is 5.82 Å². The van der Waals surface area contributed by atoms with Crippen LogP contribution in [0.5, 0.6) is 0 Å². The molecule has 98 heavy (non-hydrogen) atoms. The van der Waals surface area contributed by atoms with Crippen molar-refractivity contribution < 1.29 is 4.68 Å². The Morgan fingerprint density at radius 2 is 0.490 bits per heavy atom. The molecule has 0 fully saturated rings. The molecule has 0 atom stereocenters. The molecule has 0 aliphatic rings. The highest BCUT2D eigenvalue weighted by molar-refractivity contribution is 6.20. The van der Waals surface area contributed by atoms with Crippen molar-refractivity contribution in [3.63, 3.8) is 0 Å². The third-order valence-corrected chi connectivity index (χ3v) is 20.2. The van der Waals surface area contributed by atoms with Crippen molar-refractivity contribution in [2.24, 2.45) is 0 Å². The quantitative estimate of drug-likeness (QED) is 0.135. The average Bonchev–Trinajstić information content (AvgIpc) is 1.43. The number of nitrogens with zero attached hydrogens (tertiary/aromatic N) is 9. The first-order chi connectivity index (χ1) is 48.7. The minimum absolute atomic E-state index is 0.540. The number of hydrogen-bond acceptors (Lipinski definition) is 2. The molecule has 0 saturated heterocycles. The van der Waals surface area contributed by atoms with Crippen LogP contribution in [0.15, 0.2) is 340 Å². The van der Waals surface area contributed by atoms with Gasteiger partial charge >= 0.3 is 0 Å². The summed E-state index contributed by atoms with van der Waals surface area (Å²) in [7, 11) is 0. The average molecular weight is 1250 g/mol. The fourth-order valence-corrected chi connectivity index (χ4v) is 16.3. The highest BCUT2D eigenvalue weighted by Gasteiger charge is 2.42. The molecule has 0 spiro atoms. The third kappa shape index (κ3) is 7.63. The fraction of sp³-hybridized carbons (Fsp3) is 0. The lowest BCUT2D eigenvalue weighted by Gasteiger charge is -2.27. The Balaban J connectivity index is 1.16. The van der Waals surface area contributed by atoms with Crippen molar-refractivity contribution in [1.82, 2.24) is 37.5 Å². The zero-order chi connectivity index (χ0) is 64.1. The summed E-state index contributed by atoms with van der Waals surface area (Å²) in [6.07, 6.45) is 0. The highest BCUT2D eigenvalue weighted by atomic mass is 15.5. The van der Waals surface area contributed by atoms with Crippen LogP contribution in [0.1, 0.15) is 0 Å². The van der Waals surface area contributed by atoms with Crippen molar-refractivity contribution in [2.75, 3.05) is 0 Å². The van der Waals surface area contributed by atoms with Gasteiger partial charge in [-0.3, -0.25) is 0 Å². The smallest absolute Gasteiger partial charge is 0.282 e. The van der Waals surface area contributed by atoms with Crippen LogP contribution < -0.4 is 4.68 Å². The molecule has 9 nitrogen and oxygen atoms in total. The Labute approximate surface area is 561 Å². The minimum atomic E-state index is 0.540. The van der Waals surface area contributed by atoms with Crippen molar-refractivity contribution in [3.05, 3.63) is 340 Å². The van der Waals surface area contributed by atoms with E-state index in [1.165, 1.54) is 0 Å². The van der Waals surface area contributed by atoms with Gasteiger partial charge in [-0.25, -0.2) is 19.1 Å². The van der Waals surface area contributed by atoms with Crippen LogP contribution in [0, 0.1) is 0 Å². The van der Waals surface area contributed by atoms with Gasteiger partial charge in [-0.05, 0) is 78.9 Å². The molecule has 8 aromatic heterocycles. The Kier molecular flexibility index (Phi) is 11.6. The summed E-state index contributed by atoms with van der Waals surface area (Å²) in [4.78, 5) is 12.3. The zero-order valence-corrected chi connectivity index (χ0v) is 52.9. The van der Waals surface area contributed by atoms with E-state index in [4.69, 9.17) is 9.97 Å². The maximum Gasteiger partial charge on any atom is 0.282 e. The summed E-state index contributed by atoms with van der Waals surface area (Å²) in [5, 5.41) is 11.1. The van der Waals surface area contributed by atoms with Gasteiger partial charge in [0.1, 0.15) is 39.0 Å². The highest BCUT2D eigenvalue weighted by Crippen LogP contribution is 2.50. The predicted molar refractivity (Wildman–Crippen MR) is 403 cm³/mol. The summed E-state index contributed by atoms with van der Waals surface area (Å²) >= 11 is 0. The van der Waals surface area contributed by atoms with Crippen LogP contribution in [0.25, 0.3) is 183 Å². The van der Waals surface area contributed by atoms with Gasteiger partial charge in [0.25, 0.3) is 11.6 Å². The predicted octanol–water partition coefficient (Wildman–Crippen LogP) is 21.5. The van der Waals surface area contributed by atoms with Gasteiger partial charge in [0, 0.05) is 70.7 Å². The Hall–Kier alpha value is -13.4. The second-order valence-electron chi connectivity index (χ2n) is 25.4. The van der Waals surface area contributed by atoms with Crippen LogP contribution in [0.2, 0.25) is 0 Å². The fourth-order valence-electron chi connectivity index (χ4n) is 16.3. The van der Waals surface area contributed by atoms with Crippen LogP contribution in [0.3, 0.4) is 0 Å². The topological polar surface area (TPSA) is 59.2 Å². The first kappa shape index (κ1) is 54.1. The van der Waals surface area contributed by atoms with Crippen LogP contribution >= 0.6 is 0 Å². The number of fused-ring (bicyclic) bond motifs is 17. The molecule has 21 aromatic rings. The van der Waals surface area contributed by atoms with Crippen LogP contribution in [0.4, 0.5) is 0 Å². The lowest BCUT2D eigenvalue weighted by atomic mass is 10.0. The Morgan fingerprint density at radius 3 is 0.837 bits per heavy atom. The maximum absolute atomic E-state index is 6.15. The molecule has 0 aliphatic heterocycles. The third-order valence-electron chi connectivity index (χ3n) is 20.2. The van der Waals surface area contributed by atoms with Crippen molar-refractivity contribution in [1.29, 1.82) is 0 Å². The van der Waals surface area contributed by atoms with Gasteiger partial charge in [-0.2, -0.15) is 4.68 Å². The second-order valence-corrected chi connectivity index (χ2v) is 25.4. The number of para-hydroxylation sites is 11. The Morgan fingerprint density at radius 1 is 0.224 bits per heavy atom. The first-order valence-electron chi connectivity index (χ1n) is 33.4. The molecule has 0 aliphatic carbocycles. The molecule has 21 rings (SSSR count). The molecule has 456 valence electrons. The lowest BCUT2D eigenvalue weighted by molar-refractivity contribution is -0.708. The number of aromatic nitrogens is 9. The van der Waals surface area contributed by atoms with E-state index >= 15 is 0 Å². The zero-order valence-electron chi connectivity index (χ0n) is 52.9. The standard InChI is InChI=1S/C89H56N9/c1-4-30-57(31-5-1)70-56-71(58-32-6-2-7-33-58)91-87(90-70)82-85(93-72-46-20-10-36-60(72)61-37-11-21-47-73(61)93)88(95-76-50-24-14-40-64(76)65-41-15-25-51-77(65)95)98(97-81-55-29-19-45-69(81)83-84(97)68-44-18-28-54-80(68)92(83)59-34-8-3-9-35-59)89(96-78-52-26-16-42-66(78)67-43-17-27-53-79(67)96)86(82)94-74-48-22-12-38-62(74)63-39-13-23-49-75(63)94/h1-56H/q+1. The van der Waals surface area contributed by atoms with E-state index in [1.54, 1.807) is 0 Å². The summed E-state index contributed by atoms with van der Waals surface area (Å²) in [6, 6.07) is 124. The molecular formula is C89H56N9+. The molecule has 8 heterocycles. The molecule has 0 radical (unpaired) electrons. The SMILES string of the molecule is c1ccc(-c2cc(-c3ccccc3)nc(-c3c(-n4c5ccccc5c5ccccc54)c(-n4c5ccccc5c5ccccc54)[n+](-n4c5ccccc5c5c4c4ccccc4n5-c4ccccc4)c(-n4c5ccccc5c5ccccc54)c3-n3c4ccccc4c4ccccc43)n2)cc1. The summed E-state index contributed by atoms with van der Waals surface area (Å²) in [6.45, 7) is 0. The van der Waals surface area contributed by atoms with Gasteiger partial charge in [-0.1, -0.05) is 261 Å². The van der Waals surface area contributed by atoms with Crippen LogP contribution in [-0.4, -0.2) is 37.5 Å². The molecule has 9 heteroatoms. The summed E-state index contributed by atoms with van der Waals surface area (Å²) in [5.41, 5.74) is 19.5. The van der Waals surface area contributed by atoms with E-state index in [9.17, 15) is 0 Å². The van der Waals surface area contributed by atoms with Crippen molar-refractivity contribution in [2.45, 2.75) is 0 Å². The van der Waals surface area contributed by atoms with Gasteiger partial charge < -0.3 is 13.7 Å². The molecule has 13 aromatic carbocycles. The Bertz CT molecular complexity index is 6330. The summed E-state index contributed by atoms with van der Waals surface area (Å²) < 4.78 is 17.9. The second kappa shape index (κ2) is 21.1. The van der Waals surface area contributed by atoms with Crippen molar-refractivity contribution >= 4 is 120 Å². The normalized spacial score (nSPS) is 12.1. The monoisotopic (exact) mass is 1250 g/mol. The molecule has 0 unspecified atom stereocenters. The molecule has 0 amide bonds. The van der Waals surface area contributed by atoms with Gasteiger partial charge in [0.15, 0.2) is 5.82 Å². The van der Waals surface area contributed by atoms with Gasteiger partial charge in [0.05, 0.1) is 55.6 Å². The summed E-state index contributed by atoms with van der Waals surface area (Å²) in [5.74, 6) is 2.23. The molecule has 0 N–H and O–H groups in total. The number of pyridine rings is 1. The molecule has 0 saturated carbocycles. The molecular weight excluding hydrogens is 1200 g/mol. The van der Waals surface area contributed by atoms with Crippen molar-refractivity contribution in [3.8, 4) is 62.6 Å². The van der Waals surface area contributed by atoms with E-state index in [-0.39, 0.29) is 0 Å². The van der Waals surface area contributed by atoms with Crippen LogP contribution in [-0.2, 0) is 0 Å². The lowest BCUT2D eigenvalue weighted by Crippen LogP contribution is -2.51. The van der Waals surface area contributed by atoms with Gasteiger partial charge in [-0.15, -0.1) is 4.68 Å². The number of hydrogen-bond donors (Lipinski definition) is 0. The number of rotatable bonds is 9. The van der Waals surface area contributed by atoms with E-state index in [0.717, 1.165) is 177 Å². The van der Waals surface area contributed by atoms with E-state index < -0.39 is 0 Å². The van der Waals surface area contributed by atoms with Gasteiger partial charge in [0.2, 0.25) is 0 Å². The number of benzene rings is 13. The largest absolute Gasteiger partial charge is 0.307 e.